The molecule has 122 valence electrons. The Morgan fingerprint density at radius 2 is 1.67 bits per heavy atom. The van der Waals surface area contributed by atoms with Crippen LogP contribution < -0.4 is 0 Å². The van der Waals surface area contributed by atoms with Gasteiger partial charge in [0.15, 0.2) is 0 Å². The van der Waals surface area contributed by atoms with Gasteiger partial charge in [-0.15, -0.1) is 11.3 Å². The first-order valence-corrected chi connectivity index (χ1v) is 9.22. The summed E-state index contributed by atoms with van der Waals surface area (Å²) in [7, 11) is 0. The molecule has 0 saturated carbocycles. The zero-order valence-corrected chi connectivity index (χ0v) is 14.7. The number of benzene rings is 2. The Kier molecular flexibility index (Phi) is 5.55. The van der Waals surface area contributed by atoms with Gasteiger partial charge in [-0.3, -0.25) is 4.79 Å². The van der Waals surface area contributed by atoms with Gasteiger partial charge in [-0.25, -0.2) is 4.98 Å². The third kappa shape index (κ3) is 3.98. The molecule has 3 heteroatoms. The van der Waals surface area contributed by atoms with Crippen molar-refractivity contribution >= 4 is 17.6 Å². The lowest BCUT2D eigenvalue weighted by Crippen LogP contribution is -1.85. The van der Waals surface area contributed by atoms with Crippen LogP contribution in [-0.2, 0) is 6.42 Å². The first kappa shape index (κ1) is 16.6. The summed E-state index contributed by atoms with van der Waals surface area (Å²) in [5, 5.41) is 0.981. The fourth-order valence-corrected chi connectivity index (χ4v) is 3.59. The Labute approximate surface area is 147 Å². The van der Waals surface area contributed by atoms with Crippen molar-refractivity contribution in [2.75, 3.05) is 0 Å². The fraction of sp³-hybridized carbons (Fsp3) is 0.238. The molecular formula is C21H21NOS. The van der Waals surface area contributed by atoms with E-state index < -0.39 is 0 Å². The Morgan fingerprint density at radius 3 is 2.33 bits per heavy atom. The van der Waals surface area contributed by atoms with E-state index >= 15 is 0 Å². The molecule has 0 spiro atoms. The van der Waals surface area contributed by atoms with Crippen molar-refractivity contribution in [3.05, 3.63) is 65.9 Å². The molecule has 0 unspecified atom stereocenters. The summed E-state index contributed by atoms with van der Waals surface area (Å²) >= 11 is 1.68. The summed E-state index contributed by atoms with van der Waals surface area (Å²) in [5.41, 5.74) is 4.35. The Morgan fingerprint density at radius 1 is 0.958 bits per heavy atom. The van der Waals surface area contributed by atoms with Crippen LogP contribution in [0.1, 0.15) is 42.1 Å². The van der Waals surface area contributed by atoms with Crippen LogP contribution in [0, 0.1) is 0 Å². The summed E-state index contributed by atoms with van der Waals surface area (Å²) in [5.74, 6) is 0. The molecule has 0 atom stereocenters. The van der Waals surface area contributed by atoms with Crippen LogP contribution in [-0.4, -0.2) is 11.3 Å². The van der Waals surface area contributed by atoms with Crippen molar-refractivity contribution < 1.29 is 4.79 Å². The van der Waals surface area contributed by atoms with Gasteiger partial charge in [0, 0.05) is 17.3 Å². The molecule has 0 fully saturated rings. The van der Waals surface area contributed by atoms with Gasteiger partial charge in [-0.05, 0) is 24.0 Å². The molecule has 0 aliphatic heterocycles. The zero-order valence-electron chi connectivity index (χ0n) is 13.9. The second-order valence-corrected chi connectivity index (χ2v) is 6.95. The lowest BCUT2D eigenvalue weighted by Gasteiger charge is -2.02. The first-order valence-electron chi connectivity index (χ1n) is 8.41. The molecule has 2 aromatic carbocycles. The first-order chi connectivity index (χ1) is 11.8. The maximum atomic E-state index is 10.7. The predicted molar refractivity (Wildman–Crippen MR) is 102 cm³/mol. The number of nitrogens with zero attached hydrogens (tertiary/aromatic N) is 1. The number of unbranched alkanes of at least 4 members (excludes halogenated alkanes) is 2. The SMILES string of the molecule is CCCCCc1ccc(-c2cnc(-c3ccc(C=O)cc3)s2)cc1. The highest BCUT2D eigenvalue weighted by Crippen LogP contribution is 2.32. The molecule has 0 bridgehead atoms. The van der Waals surface area contributed by atoms with E-state index in [-0.39, 0.29) is 0 Å². The molecule has 3 aromatic rings. The molecule has 24 heavy (non-hydrogen) atoms. The quantitative estimate of drug-likeness (QED) is 0.390. The number of aryl methyl sites for hydroxylation is 1. The Hall–Kier alpha value is -2.26. The second kappa shape index (κ2) is 8.02. The number of carbonyl (C=O) groups is 1. The number of hydrogen-bond acceptors (Lipinski definition) is 3. The summed E-state index contributed by atoms with van der Waals surface area (Å²) in [6.45, 7) is 2.23. The molecule has 0 N–H and O–H groups in total. The molecule has 1 aromatic heterocycles. The van der Waals surface area contributed by atoms with Crippen molar-refractivity contribution in [3.8, 4) is 21.0 Å². The van der Waals surface area contributed by atoms with Gasteiger partial charge in [0.1, 0.15) is 11.3 Å². The lowest BCUT2D eigenvalue weighted by atomic mass is 10.1. The van der Waals surface area contributed by atoms with Gasteiger partial charge in [0.2, 0.25) is 0 Å². The highest BCUT2D eigenvalue weighted by atomic mass is 32.1. The van der Waals surface area contributed by atoms with Crippen molar-refractivity contribution in [2.24, 2.45) is 0 Å². The Balaban J connectivity index is 1.73. The molecule has 0 amide bonds. The fourth-order valence-electron chi connectivity index (χ4n) is 2.66. The van der Waals surface area contributed by atoms with E-state index in [1.165, 1.54) is 35.3 Å². The molecule has 0 aliphatic rings. The largest absolute Gasteiger partial charge is 0.298 e. The maximum Gasteiger partial charge on any atom is 0.150 e. The van der Waals surface area contributed by atoms with Crippen molar-refractivity contribution in [1.82, 2.24) is 4.98 Å². The van der Waals surface area contributed by atoms with E-state index in [2.05, 4.69) is 36.2 Å². The highest BCUT2D eigenvalue weighted by Gasteiger charge is 2.07. The standard InChI is InChI=1S/C21H21NOS/c1-2-3-4-5-16-6-10-18(11-7-16)20-14-22-21(24-20)19-12-8-17(15-23)9-13-19/h6-15H,2-5H2,1H3. The van der Waals surface area contributed by atoms with Crippen LogP contribution in [0.5, 0.6) is 0 Å². The van der Waals surface area contributed by atoms with Crippen LogP contribution in [0.25, 0.3) is 21.0 Å². The van der Waals surface area contributed by atoms with E-state index in [4.69, 9.17) is 0 Å². The number of thiazole rings is 1. The van der Waals surface area contributed by atoms with Gasteiger partial charge in [0.25, 0.3) is 0 Å². The smallest absolute Gasteiger partial charge is 0.150 e. The number of rotatable bonds is 7. The van der Waals surface area contributed by atoms with Crippen molar-refractivity contribution in [3.63, 3.8) is 0 Å². The van der Waals surface area contributed by atoms with Gasteiger partial charge in [-0.2, -0.15) is 0 Å². The highest BCUT2D eigenvalue weighted by molar-refractivity contribution is 7.18. The molecule has 1 heterocycles. The van der Waals surface area contributed by atoms with Gasteiger partial charge >= 0.3 is 0 Å². The molecule has 3 rings (SSSR count). The lowest BCUT2D eigenvalue weighted by molar-refractivity contribution is 0.112. The summed E-state index contributed by atoms with van der Waals surface area (Å²) < 4.78 is 0. The van der Waals surface area contributed by atoms with E-state index in [9.17, 15) is 4.79 Å². The van der Waals surface area contributed by atoms with E-state index in [0.29, 0.717) is 5.56 Å². The maximum absolute atomic E-state index is 10.7. The van der Waals surface area contributed by atoms with Gasteiger partial charge in [-0.1, -0.05) is 68.3 Å². The normalized spacial score (nSPS) is 10.7. The third-order valence-corrected chi connectivity index (χ3v) is 5.20. The number of carbonyl (C=O) groups excluding carboxylic acids is 1. The van der Waals surface area contributed by atoms with E-state index in [1.807, 2.05) is 30.5 Å². The van der Waals surface area contributed by atoms with Crippen LogP contribution in [0.2, 0.25) is 0 Å². The molecule has 2 nitrogen and oxygen atoms in total. The minimum absolute atomic E-state index is 0.689. The van der Waals surface area contributed by atoms with Gasteiger partial charge < -0.3 is 0 Å². The summed E-state index contributed by atoms with van der Waals surface area (Å²) in [4.78, 5) is 16.4. The number of aldehydes is 1. The van der Waals surface area contributed by atoms with Crippen molar-refractivity contribution in [1.29, 1.82) is 0 Å². The van der Waals surface area contributed by atoms with Gasteiger partial charge in [0.05, 0.1) is 4.88 Å². The van der Waals surface area contributed by atoms with Crippen LogP contribution in [0.3, 0.4) is 0 Å². The molecular weight excluding hydrogens is 314 g/mol. The zero-order chi connectivity index (χ0) is 16.8. The van der Waals surface area contributed by atoms with E-state index in [1.54, 1.807) is 11.3 Å². The topological polar surface area (TPSA) is 30.0 Å². The molecule has 0 radical (unpaired) electrons. The van der Waals surface area contributed by atoms with Crippen LogP contribution in [0.4, 0.5) is 0 Å². The summed E-state index contributed by atoms with van der Waals surface area (Å²) in [6.07, 6.45) is 7.76. The third-order valence-electron chi connectivity index (χ3n) is 4.11. The van der Waals surface area contributed by atoms with Crippen molar-refractivity contribution in [2.45, 2.75) is 32.6 Å². The number of aromatic nitrogens is 1. The average Bonchev–Trinajstić information content (AvgIpc) is 3.13. The monoisotopic (exact) mass is 335 g/mol. The number of hydrogen-bond donors (Lipinski definition) is 0. The van der Waals surface area contributed by atoms with Crippen LogP contribution in [0.15, 0.2) is 54.7 Å². The predicted octanol–water partition coefficient (Wildman–Crippen LogP) is 6.02. The van der Waals surface area contributed by atoms with Crippen LogP contribution >= 0.6 is 11.3 Å². The molecule has 0 aliphatic carbocycles. The average molecular weight is 335 g/mol. The molecule has 0 saturated heterocycles. The van der Waals surface area contributed by atoms with E-state index in [0.717, 1.165) is 23.3 Å². The Bertz CT molecular complexity index is 787. The minimum Gasteiger partial charge on any atom is -0.298 e. The minimum atomic E-state index is 0.689. The second-order valence-electron chi connectivity index (χ2n) is 5.92. The summed E-state index contributed by atoms with van der Waals surface area (Å²) in [6, 6.07) is 16.4.